The monoisotopic (exact) mass is 152 g/mol. The van der Waals surface area contributed by atoms with Crippen LogP contribution in [0.3, 0.4) is 0 Å². The number of aromatic nitrogens is 3. The molecule has 1 aromatic rings. The second-order valence-corrected chi connectivity index (χ2v) is 2.48. The fourth-order valence-electron chi connectivity index (χ4n) is 1.07. The quantitative estimate of drug-likeness (QED) is 0.537. The van der Waals surface area contributed by atoms with E-state index in [0.29, 0.717) is 11.6 Å². The molecule has 0 fully saturated rings. The number of nitrogens with zero attached hydrogens (tertiary/aromatic N) is 3. The summed E-state index contributed by atoms with van der Waals surface area (Å²) in [6, 6.07) is 0. The van der Waals surface area contributed by atoms with Gasteiger partial charge in [0.2, 0.25) is 5.95 Å². The van der Waals surface area contributed by atoms with E-state index in [1.165, 1.54) is 0 Å². The highest BCUT2D eigenvalue weighted by atomic mass is 16.1. The fourth-order valence-corrected chi connectivity index (χ4v) is 1.07. The Hall–Kier alpha value is -1.39. The average molecular weight is 152 g/mol. The summed E-state index contributed by atoms with van der Waals surface area (Å²) in [5.74, 6) is 0.584. The SMILES string of the molecule is Cc1nn2c(nc1=O)NCC2. The van der Waals surface area contributed by atoms with Crippen molar-refractivity contribution >= 4 is 5.95 Å². The summed E-state index contributed by atoms with van der Waals surface area (Å²) in [6.07, 6.45) is 0. The van der Waals surface area contributed by atoms with Crippen molar-refractivity contribution in [3.8, 4) is 0 Å². The van der Waals surface area contributed by atoms with Crippen molar-refractivity contribution in [2.45, 2.75) is 13.5 Å². The van der Waals surface area contributed by atoms with Crippen LogP contribution in [-0.4, -0.2) is 21.3 Å². The van der Waals surface area contributed by atoms with Crippen LogP contribution >= 0.6 is 0 Å². The van der Waals surface area contributed by atoms with Crippen LogP contribution in [0.2, 0.25) is 0 Å². The van der Waals surface area contributed by atoms with Crippen molar-refractivity contribution in [1.29, 1.82) is 0 Å². The third-order valence-corrected chi connectivity index (χ3v) is 1.64. The lowest BCUT2D eigenvalue weighted by molar-refractivity contribution is 0.651. The molecule has 1 aliphatic heterocycles. The molecule has 11 heavy (non-hydrogen) atoms. The van der Waals surface area contributed by atoms with Gasteiger partial charge in [0, 0.05) is 6.54 Å². The van der Waals surface area contributed by atoms with Crippen LogP contribution < -0.4 is 10.9 Å². The van der Waals surface area contributed by atoms with E-state index in [-0.39, 0.29) is 5.56 Å². The molecule has 0 bridgehead atoms. The Kier molecular flexibility index (Phi) is 1.18. The molecule has 0 radical (unpaired) electrons. The predicted octanol–water partition coefficient (Wildman–Crippen LogP) is -0.628. The van der Waals surface area contributed by atoms with Crippen LogP contribution in [-0.2, 0) is 6.54 Å². The second kappa shape index (κ2) is 2.05. The number of hydrogen-bond acceptors (Lipinski definition) is 4. The lowest BCUT2D eigenvalue weighted by atomic mass is 10.5. The van der Waals surface area contributed by atoms with E-state index in [1.54, 1.807) is 11.6 Å². The molecule has 0 aliphatic carbocycles. The summed E-state index contributed by atoms with van der Waals surface area (Å²) in [4.78, 5) is 14.7. The Bertz CT molecular complexity index is 343. The Morgan fingerprint density at radius 1 is 1.64 bits per heavy atom. The minimum atomic E-state index is -0.245. The standard InChI is InChI=1S/C6H8N4O/c1-4-5(11)8-6-7-2-3-10(6)9-4/h2-3H2,1H3,(H,7,8,11). The lowest BCUT2D eigenvalue weighted by Gasteiger charge is -1.98. The Morgan fingerprint density at radius 2 is 2.45 bits per heavy atom. The number of fused-ring (bicyclic) bond motifs is 1. The summed E-state index contributed by atoms with van der Waals surface area (Å²) in [5, 5.41) is 6.99. The van der Waals surface area contributed by atoms with Crippen molar-refractivity contribution in [2.75, 3.05) is 11.9 Å². The molecule has 0 atom stereocenters. The van der Waals surface area contributed by atoms with Gasteiger partial charge in [0.15, 0.2) is 0 Å². The normalized spacial score (nSPS) is 14.3. The number of rotatable bonds is 0. The molecule has 0 amide bonds. The average Bonchev–Trinajstić information content (AvgIpc) is 2.36. The number of hydrogen-bond donors (Lipinski definition) is 1. The molecule has 2 rings (SSSR count). The number of anilines is 1. The van der Waals surface area contributed by atoms with Gasteiger partial charge >= 0.3 is 0 Å². The summed E-state index contributed by atoms with van der Waals surface area (Å²) in [6.45, 7) is 3.27. The molecule has 5 nitrogen and oxygen atoms in total. The van der Waals surface area contributed by atoms with Gasteiger partial charge in [-0.2, -0.15) is 10.1 Å². The third kappa shape index (κ3) is 0.886. The fraction of sp³-hybridized carbons (Fsp3) is 0.500. The minimum Gasteiger partial charge on any atom is -0.353 e. The topological polar surface area (TPSA) is 59.8 Å². The van der Waals surface area contributed by atoms with E-state index < -0.39 is 0 Å². The van der Waals surface area contributed by atoms with E-state index >= 15 is 0 Å². The highest BCUT2D eigenvalue weighted by molar-refractivity contribution is 5.27. The lowest BCUT2D eigenvalue weighted by Crippen LogP contribution is -2.17. The molecule has 1 aromatic heterocycles. The van der Waals surface area contributed by atoms with Crippen molar-refractivity contribution in [1.82, 2.24) is 14.8 Å². The van der Waals surface area contributed by atoms with Gasteiger partial charge in [0.1, 0.15) is 5.69 Å². The van der Waals surface area contributed by atoms with E-state index in [2.05, 4.69) is 15.4 Å². The Morgan fingerprint density at radius 3 is 3.27 bits per heavy atom. The molecule has 1 aliphatic rings. The first-order chi connectivity index (χ1) is 5.27. The second-order valence-electron chi connectivity index (χ2n) is 2.48. The largest absolute Gasteiger partial charge is 0.353 e. The highest BCUT2D eigenvalue weighted by Gasteiger charge is 2.11. The van der Waals surface area contributed by atoms with E-state index in [9.17, 15) is 4.79 Å². The molecule has 5 heteroatoms. The van der Waals surface area contributed by atoms with E-state index in [0.717, 1.165) is 13.1 Å². The van der Waals surface area contributed by atoms with Gasteiger partial charge in [0.05, 0.1) is 6.54 Å². The van der Waals surface area contributed by atoms with Crippen molar-refractivity contribution in [3.05, 3.63) is 16.0 Å². The molecule has 1 N–H and O–H groups in total. The molecule has 0 saturated heterocycles. The third-order valence-electron chi connectivity index (χ3n) is 1.64. The summed E-state index contributed by atoms with van der Waals surface area (Å²) in [5.41, 5.74) is 0.211. The summed E-state index contributed by atoms with van der Waals surface area (Å²) >= 11 is 0. The zero-order valence-corrected chi connectivity index (χ0v) is 6.16. The van der Waals surface area contributed by atoms with Crippen LogP contribution in [0.15, 0.2) is 4.79 Å². The summed E-state index contributed by atoms with van der Waals surface area (Å²) < 4.78 is 1.71. The van der Waals surface area contributed by atoms with Gasteiger partial charge in [-0.1, -0.05) is 0 Å². The van der Waals surface area contributed by atoms with E-state index in [4.69, 9.17) is 0 Å². The molecule has 0 unspecified atom stereocenters. The smallest absolute Gasteiger partial charge is 0.296 e. The molecule has 0 saturated carbocycles. The van der Waals surface area contributed by atoms with Crippen molar-refractivity contribution in [3.63, 3.8) is 0 Å². The van der Waals surface area contributed by atoms with Crippen LogP contribution in [0.5, 0.6) is 0 Å². The molecular formula is C6H8N4O. The maximum Gasteiger partial charge on any atom is 0.296 e. The van der Waals surface area contributed by atoms with Gasteiger partial charge < -0.3 is 5.32 Å². The molecule has 58 valence electrons. The van der Waals surface area contributed by atoms with Crippen LogP contribution in [0, 0.1) is 6.92 Å². The van der Waals surface area contributed by atoms with Gasteiger partial charge in [-0.25, -0.2) is 4.68 Å². The Balaban J connectivity index is 2.66. The maximum atomic E-state index is 11.0. The zero-order valence-electron chi connectivity index (χ0n) is 6.16. The summed E-state index contributed by atoms with van der Waals surface area (Å²) in [7, 11) is 0. The molecule has 0 spiro atoms. The predicted molar refractivity (Wildman–Crippen MR) is 39.5 cm³/mol. The number of nitrogens with one attached hydrogen (secondary N) is 1. The molecule has 0 aromatic carbocycles. The first-order valence-corrected chi connectivity index (χ1v) is 3.47. The molecule has 2 heterocycles. The first-order valence-electron chi connectivity index (χ1n) is 3.47. The zero-order chi connectivity index (χ0) is 7.84. The van der Waals surface area contributed by atoms with Gasteiger partial charge in [-0.05, 0) is 6.92 Å². The van der Waals surface area contributed by atoms with E-state index in [1.807, 2.05) is 0 Å². The number of aryl methyl sites for hydroxylation is 1. The van der Waals surface area contributed by atoms with Crippen LogP contribution in [0.25, 0.3) is 0 Å². The first kappa shape index (κ1) is 6.33. The highest BCUT2D eigenvalue weighted by Crippen LogP contribution is 2.04. The van der Waals surface area contributed by atoms with Crippen LogP contribution in [0.4, 0.5) is 5.95 Å². The van der Waals surface area contributed by atoms with Gasteiger partial charge in [-0.3, -0.25) is 4.79 Å². The van der Waals surface area contributed by atoms with Crippen molar-refractivity contribution in [2.24, 2.45) is 0 Å². The Labute approximate surface area is 63.1 Å². The maximum absolute atomic E-state index is 11.0. The van der Waals surface area contributed by atoms with Crippen LogP contribution in [0.1, 0.15) is 5.69 Å². The minimum absolute atomic E-state index is 0.245. The molecular weight excluding hydrogens is 144 g/mol. The van der Waals surface area contributed by atoms with Gasteiger partial charge in [0.25, 0.3) is 5.56 Å². The van der Waals surface area contributed by atoms with Gasteiger partial charge in [-0.15, -0.1) is 0 Å². The van der Waals surface area contributed by atoms with Crippen molar-refractivity contribution < 1.29 is 0 Å².